The van der Waals surface area contributed by atoms with Crippen LogP contribution in [0.3, 0.4) is 0 Å². The van der Waals surface area contributed by atoms with Crippen LogP contribution in [0.1, 0.15) is 51.5 Å². The Labute approximate surface area is 110 Å². The molecule has 0 saturated heterocycles. The van der Waals surface area contributed by atoms with E-state index in [9.17, 15) is 5.11 Å². The van der Waals surface area contributed by atoms with Gasteiger partial charge in [0.25, 0.3) is 0 Å². The van der Waals surface area contributed by atoms with Crippen molar-refractivity contribution in [2.45, 2.75) is 58.5 Å². The lowest BCUT2D eigenvalue weighted by Gasteiger charge is -2.22. The SMILES string of the molecule is CC(C)Oc1ccc(CC2CCCCC2)c(O)c1. The Kier molecular flexibility index (Phi) is 4.51. The first-order valence-electron chi connectivity index (χ1n) is 7.13. The summed E-state index contributed by atoms with van der Waals surface area (Å²) in [7, 11) is 0. The number of rotatable bonds is 4. The second-order valence-electron chi connectivity index (χ2n) is 5.67. The van der Waals surface area contributed by atoms with E-state index in [1.807, 2.05) is 26.0 Å². The zero-order chi connectivity index (χ0) is 13.0. The highest BCUT2D eigenvalue weighted by atomic mass is 16.5. The number of benzene rings is 1. The van der Waals surface area contributed by atoms with Crippen LogP contribution >= 0.6 is 0 Å². The van der Waals surface area contributed by atoms with E-state index < -0.39 is 0 Å². The fourth-order valence-electron chi connectivity index (χ4n) is 2.76. The number of aromatic hydroxyl groups is 1. The van der Waals surface area contributed by atoms with Gasteiger partial charge in [0.1, 0.15) is 11.5 Å². The Hall–Kier alpha value is -1.18. The predicted octanol–water partition coefficient (Wildman–Crippen LogP) is 4.30. The summed E-state index contributed by atoms with van der Waals surface area (Å²) >= 11 is 0. The lowest BCUT2D eigenvalue weighted by molar-refractivity contribution is 0.241. The van der Waals surface area contributed by atoms with Crippen LogP contribution in [0.2, 0.25) is 0 Å². The molecule has 1 aromatic carbocycles. The highest BCUT2D eigenvalue weighted by Gasteiger charge is 2.16. The van der Waals surface area contributed by atoms with Gasteiger partial charge in [-0.05, 0) is 37.8 Å². The molecule has 0 radical (unpaired) electrons. The quantitative estimate of drug-likeness (QED) is 0.860. The summed E-state index contributed by atoms with van der Waals surface area (Å²) < 4.78 is 5.58. The van der Waals surface area contributed by atoms with Gasteiger partial charge in [-0.15, -0.1) is 0 Å². The molecule has 0 amide bonds. The molecule has 0 heterocycles. The van der Waals surface area contributed by atoms with Crippen LogP contribution in [-0.4, -0.2) is 11.2 Å². The molecule has 1 aliphatic carbocycles. The van der Waals surface area contributed by atoms with Gasteiger partial charge in [-0.3, -0.25) is 0 Å². The second-order valence-corrected chi connectivity index (χ2v) is 5.67. The molecule has 0 bridgehead atoms. The average Bonchev–Trinajstić information content (AvgIpc) is 2.33. The van der Waals surface area contributed by atoms with E-state index in [0.29, 0.717) is 5.75 Å². The monoisotopic (exact) mass is 248 g/mol. The normalized spacial score (nSPS) is 17.1. The minimum absolute atomic E-state index is 0.147. The van der Waals surface area contributed by atoms with Crippen molar-refractivity contribution in [2.24, 2.45) is 5.92 Å². The fraction of sp³-hybridized carbons (Fsp3) is 0.625. The van der Waals surface area contributed by atoms with Crippen LogP contribution in [0.25, 0.3) is 0 Å². The highest BCUT2D eigenvalue weighted by Crippen LogP contribution is 2.31. The Morgan fingerprint density at radius 2 is 1.94 bits per heavy atom. The molecule has 0 aliphatic heterocycles. The first kappa shape index (κ1) is 13.3. The van der Waals surface area contributed by atoms with E-state index in [-0.39, 0.29) is 6.10 Å². The van der Waals surface area contributed by atoms with Gasteiger partial charge >= 0.3 is 0 Å². The van der Waals surface area contributed by atoms with Gasteiger partial charge < -0.3 is 9.84 Å². The van der Waals surface area contributed by atoms with Crippen molar-refractivity contribution in [3.05, 3.63) is 23.8 Å². The minimum atomic E-state index is 0.147. The molecule has 0 spiro atoms. The molecule has 18 heavy (non-hydrogen) atoms. The third-order valence-corrected chi connectivity index (χ3v) is 3.66. The van der Waals surface area contributed by atoms with Crippen molar-refractivity contribution < 1.29 is 9.84 Å². The van der Waals surface area contributed by atoms with Crippen LogP contribution in [0.15, 0.2) is 18.2 Å². The summed E-state index contributed by atoms with van der Waals surface area (Å²) in [4.78, 5) is 0. The third kappa shape index (κ3) is 3.66. The molecule has 1 aromatic rings. The molecule has 2 heteroatoms. The largest absolute Gasteiger partial charge is 0.508 e. The van der Waals surface area contributed by atoms with Crippen LogP contribution in [0.4, 0.5) is 0 Å². The Bertz CT molecular complexity index is 379. The van der Waals surface area contributed by atoms with E-state index in [0.717, 1.165) is 23.7 Å². The molecule has 1 N–H and O–H groups in total. The molecule has 1 saturated carbocycles. The summed E-state index contributed by atoms with van der Waals surface area (Å²) in [6.07, 6.45) is 7.85. The Morgan fingerprint density at radius 1 is 1.22 bits per heavy atom. The number of phenolic OH excluding ortho intramolecular Hbond substituents is 1. The first-order valence-corrected chi connectivity index (χ1v) is 7.13. The molecule has 2 rings (SSSR count). The van der Waals surface area contributed by atoms with E-state index >= 15 is 0 Å². The number of hydrogen-bond acceptors (Lipinski definition) is 2. The van der Waals surface area contributed by atoms with Crippen molar-refractivity contribution in [2.75, 3.05) is 0 Å². The van der Waals surface area contributed by atoms with Crippen LogP contribution in [0.5, 0.6) is 11.5 Å². The van der Waals surface area contributed by atoms with Crippen LogP contribution < -0.4 is 4.74 Å². The lowest BCUT2D eigenvalue weighted by Crippen LogP contribution is -2.09. The minimum Gasteiger partial charge on any atom is -0.508 e. The first-order chi connectivity index (χ1) is 8.65. The Balaban J connectivity index is 2.00. The van der Waals surface area contributed by atoms with Crippen LogP contribution in [-0.2, 0) is 6.42 Å². The van der Waals surface area contributed by atoms with Crippen molar-refractivity contribution >= 4 is 0 Å². The average molecular weight is 248 g/mol. The maximum absolute atomic E-state index is 10.1. The third-order valence-electron chi connectivity index (χ3n) is 3.66. The van der Waals surface area contributed by atoms with E-state index in [1.54, 1.807) is 6.07 Å². The van der Waals surface area contributed by atoms with E-state index in [2.05, 4.69) is 0 Å². The predicted molar refractivity (Wildman–Crippen MR) is 74.1 cm³/mol. The highest BCUT2D eigenvalue weighted by molar-refractivity contribution is 5.40. The summed E-state index contributed by atoms with van der Waals surface area (Å²) in [5, 5.41) is 10.1. The zero-order valence-electron chi connectivity index (χ0n) is 11.5. The Morgan fingerprint density at radius 3 is 2.56 bits per heavy atom. The summed E-state index contributed by atoms with van der Waals surface area (Å²) in [5.41, 5.74) is 1.07. The maximum Gasteiger partial charge on any atom is 0.123 e. The smallest absolute Gasteiger partial charge is 0.123 e. The molecular formula is C16H24O2. The second kappa shape index (κ2) is 6.12. The van der Waals surface area contributed by atoms with E-state index in [4.69, 9.17) is 4.74 Å². The zero-order valence-corrected chi connectivity index (χ0v) is 11.5. The van der Waals surface area contributed by atoms with Gasteiger partial charge in [-0.2, -0.15) is 0 Å². The maximum atomic E-state index is 10.1. The molecule has 0 aromatic heterocycles. The van der Waals surface area contributed by atoms with Gasteiger partial charge in [0, 0.05) is 6.07 Å². The standard InChI is InChI=1S/C16H24O2/c1-12(2)18-15-9-8-14(16(17)11-15)10-13-6-4-3-5-7-13/h8-9,11-13,17H,3-7,10H2,1-2H3. The van der Waals surface area contributed by atoms with Gasteiger partial charge in [-0.25, -0.2) is 0 Å². The van der Waals surface area contributed by atoms with E-state index in [1.165, 1.54) is 32.1 Å². The van der Waals surface area contributed by atoms with Gasteiger partial charge in [0.2, 0.25) is 0 Å². The summed E-state index contributed by atoms with van der Waals surface area (Å²) in [5.74, 6) is 1.90. The summed E-state index contributed by atoms with van der Waals surface area (Å²) in [6.45, 7) is 3.99. The van der Waals surface area contributed by atoms with Crippen molar-refractivity contribution in [3.63, 3.8) is 0 Å². The molecule has 2 nitrogen and oxygen atoms in total. The molecule has 0 unspecified atom stereocenters. The lowest BCUT2D eigenvalue weighted by atomic mass is 9.85. The number of ether oxygens (including phenoxy) is 1. The molecule has 0 atom stereocenters. The van der Waals surface area contributed by atoms with Gasteiger partial charge in [0.15, 0.2) is 0 Å². The number of phenols is 1. The fourth-order valence-corrected chi connectivity index (χ4v) is 2.76. The summed E-state index contributed by atoms with van der Waals surface area (Å²) in [6, 6.07) is 5.73. The molecule has 1 fully saturated rings. The van der Waals surface area contributed by atoms with Gasteiger partial charge in [0.05, 0.1) is 6.10 Å². The number of hydrogen-bond donors (Lipinski definition) is 1. The van der Waals surface area contributed by atoms with Crippen molar-refractivity contribution in [1.82, 2.24) is 0 Å². The van der Waals surface area contributed by atoms with Crippen LogP contribution in [0, 0.1) is 5.92 Å². The van der Waals surface area contributed by atoms with Gasteiger partial charge in [-0.1, -0.05) is 38.2 Å². The van der Waals surface area contributed by atoms with Crippen molar-refractivity contribution in [3.8, 4) is 11.5 Å². The molecular weight excluding hydrogens is 224 g/mol. The van der Waals surface area contributed by atoms with Crippen molar-refractivity contribution in [1.29, 1.82) is 0 Å². The molecule has 1 aliphatic rings. The molecule has 100 valence electrons. The topological polar surface area (TPSA) is 29.5 Å².